The van der Waals surface area contributed by atoms with Gasteiger partial charge in [-0.25, -0.2) is 0 Å². The Morgan fingerprint density at radius 2 is 1.88 bits per heavy atom. The first-order chi connectivity index (χ1) is 7.83. The quantitative estimate of drug-likeness (QED) is 0.785. The third kappa shape index (κ3) is 2.29. The van der Waals surface area contributed by atoms with Gasteiger partial charge in [0.1, 0.15) is 6.07 Å². The van der Waals surface area contributed by atoms with Crippen LogP contribution in [0.1, 0.15) is 11.1 Å². The molecule has 3 heteroatoms. The highest BCUT2D eigenvalue weighted by Crippen LogP contribution is 2.18. The van der Waals surface area contributed by atoms with Gasteiger partial charge in [-0.15, -0.1) is 0 Å². The second kappa shape index (κ2) is 4.91. The maximum atomic E-state index is 8.67. The Morgan fingerprint density at radius 1 is 1.12 bits per heavy atom. The van der Waals surface area contributed by atoms with E-state index in [9.17, 15) is 0 Å². The van der Waals surface area contributed by atoms with Crippen molar-refractivity contribution in [2.45, 2.75) is 5.33 Å². The number of halogens is 1. The molecule has 0 unspecified atom stereocenters. The van der Waals surface area contributed by atoms with Gasteiger partial charge in [0.05, 0.1) is 11.3 Å². The molecule has 1 aromatic carbocycles. The van der Waals surface area contributed by atoms with E-state index < -0.39 is 0 Å². The molecule has 2 aromatic rings. The molecule has 0 bridgehead atoms. The van der Waals surface area contributed by atoms with Crippen molar-refractivity contribution in [1.82, 2.24) is 4.98 Å². The van der Waals surface area contributed by atoms with E-state index in [1.807, 2.05) is 18.2 Å². The number of nitrogens with zero attached hydrogens (tertiary/aromatic N) is 2. The summed E-state index contributed by atoms with van der Waals surface area (Å²) >= 11 is 3.41. The smallest absolute Gasteiger partial charge is 0.101 e. The number of alkyl halides is 1. The van der Waals surface area contributed by atoms with E-state index in [-0.39, 0.29) is 0 Å². The lowest BCUT2D eigenvalue weighted by Gasteiger charge is -2.01. The summed E-state index contributed by atoms with van der Waals surface area (Å²) in [5.41, 5.74) is 3.77. The van der Waals surface area contributed by atoms with E-state index >= 15 is 0 Å². The van der Waals surface area contributed by atoms with Crippen LogP contribution >= 0.6 is 15.9 Å². The second-order valence-corrected chi connectivity index (χ2v) is 3.94. The maximum Gasteiger partial charge on any atom is 0.101 e. The van der Waals surface area contributed by atoms with Gasteiger partial charge < -0.3 is 0 Å². The summed E-state index contributed by atoms with van der Waals surface area (Å²) in [6.45, 7) is 0. The van der Waals surface area contributed by atoms with Gasteiger partial charge in [0.25, 0.3) is 0 Å². The average molecular weight is 273 g/mol. The van der Waals surface area contributed by atoms with E-state index in [4.69, 9.17) is 5.26 Å². The lowest BCUT2D eigenvalue weighted by atomic mass is 10.1. The van der Waals surface area contributed by atoms with Crippen LogP contribution in [0.15, 0.2) is 42.6 Å². The Morgan fingerprint density at radius 3 is 2.38 bits per heavy atom. The molecule has 0 N–H and O–H groups in total. The zero-order valence-corrected chi connectivity index (χ0v) is 10.1. The summed E-state index contributed by atoms with van der Waals surface area (Å²) in [5, 5.41) is 9.53. The number of benzene rings is 1. The standard InChI is InChI=1S/C13H9BrN2/c14-7-10-1-4-12(5-2-10)13-6-3-11(8-15)9-16-13/h1-6,9H,7H2. The molecule has 0 aliphatic rings. The molecule has 0 atom stereocenters. The minimum atomic E-state index is 0.584. The van der Waals surface area contributed by atoms with Gasteiger partial charge >= 0.3 is 0 Å². The number of nitriles is 1. The van der Waals surface area contributed by atoms with Gasteiger partial charge in [-0.05, 0) is 17.7 Å². The fraction of sp³-hybridized carbons (Fsp3) is 0.0769. The second-order valence-electron chi connectivity index (χ2n) is 3.37. The third-order valence-corrected chi connectivity index (χ3v) is 2.94. The van der Waals surface area contributed by atoms with Crippen LogP contribution in [0.5, 0.6) is 0 Å². The highest BCUT2D eigenvalue weighted by atomic mass is 79.9. The number of aromatic nitrogens is 1. The molecular formula is C13H9BrN2. The maximum absolute atomic E-state index is 8.67. The summed E-state index contributed by atoms with van der Waals surface area (Å²) in [5.74, 6) is 0. The summed E-state index contributed by atoms with van der Waals surface area (Å²) in [6, 6.07) is 13.9. The molecule has 2 nitrogen and oxygen atoms in total. The van der Waals surface area contributed by atoms with Gasteiger partial charge in [0.2, 0.25) is 0 Å². The fourth-order valence-electron chi connectivity index (χ4n) is 1.40. The molecule has 78 valence electrons. The molecule has 1 aromatic heterocycles. The molecule has 16 heavy (non-hydrogen) atoms. The molecule has 0 spiro atoms. The predicted molar refractivity (Wildman–Crippen MR) is 67.0 cm³/mol. The van der Waals surface area contributed by atoms with Crippen LogP contribution in [-0.2, 0) is 5.33 Å². The molecule has 0 saturated carbocycles. The van der Waals surface area contributed by atoms with Crippen LogP contribution < -0.4 is 0 Å². The highest BCUT2D eigenvalue weighted by Gasteiger charge is 1.99. The molecule has 0 saturated heterocycles. The monoisotopic (exact) mass is 272 g/mol. The third-order valence-electron chi connectivity index (χ3n) is 2.30. The van der Waals surface area contributed by atoms with E-state index in [2.05, 4.69) is 39.1 Å². The molecule has 0 amide bonds. The van der Waals surface area contributed by atoms with Gasteiger partial charge in [-0.2, -0.15) is 5.26 Å². The molecule has 0 radical (unpaired) electrons. The van der Waals surface area contributed by atoms with Crippen molar-refractivity contribution < 1.29 is 0 Å². The van der Waals surface area contributed by atoms with Crippen molar-refractivity contribution in [3.63, 3.8) is 0 Å². The number of hydrogen-bond donors (Lipinski definition) is 0. The Kier molecular flexibility index (Phi) is 3.33. The average Bonchev–Trinajstić information content (AvgIpc) is 2.39. The van der Waals surface area contributed by atoms with Gasteiger partial charge in [0, 0.05) is 17.1 Å². The summed E-state index contributed by atoms with van der Waals surface area (Å²) in [6.07, 6.45) is 1.59. The zero-order chi connectivity index (χ0) is 11.4. The van der Waals surface area contributed by atoms with Crippen molar-refractivity contribution in [3.05, 3.63) is 53.7 Å². The Balaban J connectivity index is 2.32. The van der Waals surface area contributed by atoms with Gasteiger partial charge in [-0.1, -0.05) is 40.2 Å². The van der Waals surface area contributed by atoms with Gasteiger partial charge in [-0.3, -0.25) is 4.98 Å². The van der Waals surface area contributed by atoms with Crippen molar-refractivity contribution in [1.29, 1.82) is 5.26 Å². The molecular weight excluding hydrogens is 264 g/mol. The first-order valence-electron chi connectivity index (χ1n) is 4.85. The normalized spacial score (nSPS) is 9.75. The van der Waals surface area contributed by atoms with E-state index in [0.29, 0.717) is 5.56 Å². The van der Waals surface area contributed by atoms with Crippen molar-refractivity contribution in [2.24, 2.45) is 0 Å². The molecule has 1 heterocycles. The van der Waals surface area contributed by atoms with Gasteiger partial charge in [0.15, 0.2) is 0 Å². The van der Waals surface area contributed by atoms with Crippen molar-refractivity contribution in [2.75, 3.05) is 0 Å². The minimum Gasteiger partial charge on any atom is -0.255 e. The largest absolute Gasteiger partial charge is 0.255 e. The predicted octanol–water partition coefficient (Wildman–Crippen LogP) is 3.52. The minimum absolute atomic E-state index is 0.584. The zero-order valence-electron chi connectivity index (χ0n) is 8.52. The first-order valence-corrected chi connectivity index (χ1v) is 5.97. The lowest BCUT2D eigenvalue weighted by Crippen LogP contribution is -1.85. The SMILES string of the molecule is N#Cc1ccc(-c2ccc(CBr)cc2)nc1. The van der Waals surface area contributed by atoms with E-state index in [0.717, 1.165) is 16.6 Å². The highest BCUT2D eigenvalue weighted by molar-refractivity contribution is 9.08. The topological polar surface area (TPSA) is 36.7 Å². The first kappa shape index (κ1) is 10.8. The fourth-order valence-corrected chi connectivity index (χ4v) is 1.77. The van der Waals surface area contributed by atoms with Crippen molar-refractivity contribution >= 4 is 15.9 Å². The van der Waals surface area contributed by atoms with E-state index in [1.165, 1.54) is 5.56 Å². The Labute approximate surface area is 103 Å². The van der Waals surface area contributed by atoms with Crippen LogP contribution in [0.3, 0.4) is 0 Å². The summed E-state index contributed by atoms with van der Waals surface area (Å²) in [7, 11) is 0. The van der Waals surface area contributed by atoms with Crippen LogP contribution in [-0.4, -0.2) is 4.98 Å². The number of hydrogen-bond acceptors (Lipinski definition) is 2. The number of pyridine rings is 1. The molecule has 0 aliphatic carbocycles. The molecule has 0 fully saturated rings. The molecule has 2 rings (SSSR count). The van der Waals surface area contributed by atoms with Crippen LogP contribution in [0.4, 0.5) is 0 Å². The van der Waals surface area contributed by atoms with Crippen LogP contribution in [0, 0.1) is 11.3 Å². The number of rotatable bonds is 2. The molecule has 0 aliphatic heterocycles. The summed E-state index contributed by atoms with van der Waals surface area (Å²) in [4.78, 5) is 4.24. The van der Waals surface area contributed by atoms with Crippen LogP contribution in [0.2, 0.25) is 0 Å². The van der Waals surface area contributed by atoms with E-state index in [1.54, 1.807) is 12.3 Å². The summed E-state index contributed by atoms with van der Waals surface area (Å²) < 4.78 is 0. The Bertz CT molecular complexity index is 509. The Hall–Kier alpha value is -1.66. The van der Waals surface area contributed by atoms with Crippen LogP contribution in [0.25, 0.3) is 11.3 Å². The van der Waals surface area contributed by atoms with Crippen molar-refractivity contribution in [3.8, 4) is 17.3 Å². The lowest BCUT2D eigenvalue weighted by molar-refractivity contribution is 1.30.